The van der Waals surface area contributed by atoms with Crippen LogP contribution in [-0.4, -0.2) is 23.3 Å². The van der Waals surface area contributed by atoms with E-state index in [0.29, 0.717) is 29.9 Å². The molecule has 0 unspecified atom stereocenters. The van der Waals surface area contributed by atoms with Crippen LogP contribution in [0.1, 0.15) is 27.8 Å². The minimum absolute atomic E-state index is 0.0126. The van der Waals surface area contributed by atoms with Crippen molar-refractivity contribution < 1.29 is 18.4 Å². The predicted molar refractivity (Wildman–Crippen MR) is 122 cm³/mol. The first-order chi connectivity index (χ1) is 15.8. The normalized spacial score (nSPS) is 16.0. The Hall–Kier alpha value is -3.80. The molecule has 0 atom stereocenters. The average Bonchev–Trinajstić information content (AvgIpc) is 3.05. The zero-order chi connectivity index (χ0) is 23.3. The molecule has 5 rings (SSSR count). The van der Waals surface area contributed by atoms with Crippen molar-refractivity contribution in [3.05, 3.63) is 106 Å². The Bertz CT molecular complexity index is 1350. The lowest BCUT2D eigenvalue weighted by atomic mass is 9.95. The zero-order valence-electron chi connectivity index (χ0n) is 18.4. The third-order valence-electron chi connectivity index (χ3n) is 6.32. The van der Waals surface area contributed by atoms with Crippen LogP contribution in [0.15, 0.2) is 66.4 Å². The number of carbonyl (C=O) groups excluding carboxylic acids is 2. The van der Waals surface area contributed by atoms with Crippen LogP contribution in [0.4, 0.5) is 14.5 Å². The molecule has 3 aromatic carbocycles. The molecule has 0 spiro atoms. The first kappa shape index (κ1) is 21.1. The maximum absolute atomic E-state index is 14.0. The summed E-state index contributed by atoms with van der Waals surface area (Å²) in [5, 5.41) is 0. The molecule has 166 valence electrons. The first-order valence-corrected chi connectivity index (χ1v) is 10.8. The third kappa shape index (κ3) is 3.52. The van der Waals surface area contributed by atoms with E-state index in [1.165, 1.54) is 11.6 Å². The Morgan fingerprint density at radius 2 is 1.58 bits per heavy atom. The molecule has 0 aliphatic carbocycles. The number of aryl methyl sites for hydroxylation is 2. The van der Waals surface area contributed by atoms with E-state index in [0.717, 1.165) is 40.1 Å². The molecule has 0 aromatic heterocycles. The summed E-state index contributed by atoms with van der Waals surface area (Å²) < 4.78 is 27.5. The van der Waals surface area contributed by atoms with Gasteiger partial charge in [0.15, 0.2) is 11.6 Å². The Labute approximate surface area is 190 Å². The van der Waals surface area contributed by atoms with Gasteiger partial charge in [-0.2, -0.15) is 0 Å². The molecule has 2 aliphatic rings. The smallest absolute Gasteiger partial charge is 0.282 e. The van der Waals surface area contributed by atoms with E-state index >= 15 is 0 Å². The number of hydrogen-bond donors (Lipinski definition) is 0. The molecule has 0 bridgehead atoms. The van der Waals surface area contributed by atoms with Crippen LogP contribution in [0, 0.1) is 25.5 Å². The minimum atomic E-state index is -1.11. The standard InChI is InChI=1S/C27H22F2N2O2/c1-16-7-9-21(17(2)13-16)24-25(30-12-11-18-5-3-4-6-19(18)15-30)27(33)31(26(24)32)20-8-10-22(28)23(29)14-20/h3-10,13-14H,11-12,15H2,1-2H3. The SMILES string of the molecule is Cc1ccc(C2=C(N3CCc4ccccc4C3)C(=O)N(c3ccc(F)c(F)c3)C2=O)c(C)c1. The second-order valence-corrected chi connectivity index (χ2v) is 8.53. The van der Waals surface area contributed by atoms with E-state index in [-0.39, 0.29) is 5.69 Å². The summed E-state index contributed by atoms with van der Waals surface area (Å²) in [5.74, 6) is -3.21. The number of imide groups is 1. The van der Waals surface area contributed by atoms with E-state index in [2.05, 4.69) is 6.07 Å². The fourth-order valence-corrected chi connectivity index (χ4v) is 4.69. The molecule has 2 aliphatic heterocycles. The Kier molecular flexibility index (Phi) is 5.08. The molecule has 6 heteroatoms. The van der Waals surface area contributed by atoms with Gasteiger partial charge in [-0.15, -0.1) is 0 Å². The van der Waals surface area contributed by atoms with Crippen molar-refractivity contribution in [2.45, 2.75) is 26.8 Å². The third-order valence-corrected chi connectivity index (χ3v) is 6.32. The highest BCUT2D eigenvalue weighted by Crippen LogP contribution is 2.38. The maximum Gasteiger partial charge on any atom is 0.282 e. The number of fused-ring (bicyclic) bond motifs is 1. The summed E-state index contributed by atoms with van der Waals surface area (Å²) >= 11 is 0. The van der Waals surface area contributed by atoms with Crippen LogP contribution in [0.2, 0.25) is 0 Å². The lowest BCUT2D eigenvalue weighted by Crippen LogP contribution is -2.37. The van der Waals surface area contributed by atoms with E-state index in [4.69, 9.17) is 0 Å². The highest BCUT2D eigenvalue weighted by molar-refractivity contribution is 6.45. The summed E-state index contributed by atoms with van der Waals surface area (Å²) in [6.45, 7) is 4.93. The molecular weight excluding hydrogens is 422 g/mol. The average molecular weight is 444 g/mol. The van der Waals surface area contributed by atoms with Crippen molar-refractivity contribution >= 4 is 23.1 Å². The van der Waals surface area contributed by atoms with Gasteiger partial charge in [-0.25, -0.2) is 13.7 Å². The van der Waals surface area contributed by atoms with Crippen LogP contribution in [0.25, 0.3) is 5.57 Å². The zero-order valence-corrected chi connectivity index (χ0v) is 18.4. The monoisotopic (exact) mass is 444 g/mol. The van der Waals surface area contributed by atoms with Gasteiger partial charge in [0.1, 0.15) is 5.70 Å². The number of anilines is 1. The Balaban J connectivity index is 1.65. The summed E-state index contributed by atoms with van der Waals surface area (Å²) in [5.41, 5.74) is 5.50. The van der Waals surface area contributed by atoms with Gasteiger partial charge in [-0.05, 0) is 54.7 Å². The number of amides is 2. The number of rotatable bonds is 3. The van der Waals surface area contributed by atoms with E-state index in [1.807, 2.05) is 55.1 Å². The van der Waals surface area contributed by atoms with Crippen LogP contribution in [0.3, 0.4) is 0 Å². The van der Waals surface area contributed by atoms with Gasteiger partial charge >= 0.3 is 0 Å². The van der Waals surface area contributed by atoms with E-state index in [9.17, 15) is 18.4 Å². The second-order valence-electron chi connectivity index (χ2n) is 8.53. The number of benzene rings is 3. The molecule has 4 nitrogen and oxygen atoms in total. The molecule has 0 N–H and O–H groups in total. The fourth-order valence-electron chi connectivity index (χ4n) is 4.69. The molecule has 0 fully saturated rings. The molecule has 0 saturated heterocycles. The molecule has 0 saturated carbocycles. The molecular formula is C27H22F2N2O2. The van der Waals surface area contributed by atoms with Crippen molar-refractivity contribution in [3.8, 4) is 0 Å². The molecule has 0 radical (unpaired) electrons. The van der Waals surface area contributed by atoms with Crippen LogP contribution >= 0.6 is 0 Å². The van der Waals surface area contributed by atoms with Gasteiger partial charge in [-0.1, -0.05) is 48.0 Å². The summed E-state index contributed by atoms with van der Waals surface area (Å²) in [4.78, 5) is 30.2. The van der Waals surface area contributed by atoms with Gasteiger partial charge in [0.2, 0.25) is 0 Å². The first-order valence-electron chi connectivity index (χ1n) is 10.8. The summed E-state index contributed by atoms with van der Waals surface area (Å²) in [6.07, 6.45) is 0.743. The van der Waals surface area contributed by atoms with Gasteiger partial charge < -0.3 is 4.90 Å². The fraction of sp³-hybridized carbons (Fsp3) is 0.185. The van der Waals surface area contributed by atoms with Gasteiger partial charge in [-0.3, -0.25) is 9.59 Å². The summed E-state index contributed by atoms with van der Waals surface area (Å²) in [6, 6.07) is 16.8. The van der Waals surface area contributed by atoms with Crippen molar-refractivity contribution in [2.24, 2.45) is 0 Å². The van der Waals surface area contributed by atoms with Crippen molar-refractivity contribution in [1.82, 2.24) is 4.90 Å². The minimum Gasteiger partial charge on any atom is -0.362 e. The number of halogens is 2. The lowest BCUT2D eigenvalue weighted by molar-refractivity contribution is -0.120. The number of nitrogens with zero attached hydrogens (tertiary/aromatic N) is 2. The maximum atomic E-state index is 14.0. The highest BCUT2D eigenvalue weighted by Gasteiger charge is 2.43. The largest absolute Gasteiger partial charge is 0.362 e. The highest BCUT2D eigenvalue weighted by atomic mass is 19.2. The van der Waals surface area contributed by atoms with E-state index < -0.39 is 23.4 Å². The molecule has 2 heterocycles. The van der Waals surface area contributed by atoms with Crippen LogP contribution in [-0.2, 0) is 22.6 Å². The lowest BCUT2D eigenvalue weighted by Gasteiger charge is -2.31. The van der Waals surface area contributed by atoms with Crippen molar-refractivity contribution in [2.75, 3.05) is 11.4 Å². The van der Waals surface area contributed by atoms with Gasteiger partial charge in [0.05, 0.1) is 11.3 Å². The number of hydrogen-bond acceptors (Lipinski definition) is 3. The molecule has 33 heavy (non-hydrogen) atoms. The Morgan fingerprint density at radius 1 is 0.818 bits per heavy atom. The number of carbonyl (C=O) groups is 2. The van der Waals surface area contributed by atoms with E-state index in [1.54, 1.807) is 0 Å². The van der Waals surface area contributed by atoms with Gasteiger partial charge in [0.25, 0.3) is 11.8 Å². The summed E-state index contributed by atoms with van der Waals surface area (Å²) in [7, 11) is 0. The molecule has 3 aromatic rings. The second kappa shape index (κ2) is 7.96. The van der Waals surface area contributed by atoms with Gasteiger partial charge in [0, 0.05) is 19.2 Å². The predicted octanol–water partition coefficient (Wildman–Crippen LogP) is 4.92. The van der Waals surface area contributed by atoms with Crippen molar-refractivity contribution in [3.63, 3.8) is 0 Å². The van der Waals surface area contributed by atoms with Crippen molar-refractivity contribution in [1.29, 1.82) is 0 Å². The molecule has 2 amide bonds. The quantitative estimate of drug-likeness (QED) is 0.538. The topological polar surface area (TPSA) is 40.6 Å². The van der Waals surface area contributed by atoms with Crippen LogP contribution < -0.4 is 4.90 Å². The van der Waals surface area contributed by atoms with Crippen LogP contribution in [0.5, 0.6) is 0 Å². The Morgan fingerprint density at radius 3 is 2.30 bits per heavy atom.